The molecule has 0 unspecified atom stereocenters. The average molecular weight is 348 g/mol. The Bertz CT molecular complexity index is 589. The molecule has 6 heteroatoms. The van der Waals surface area contributed by atoms with Crippen LogP contribution in [0.4, 0.5) is 10.1 Å². The fourth-order valence-electron chi connectivity index (χ4n) is 3.91. The summed E-state index contributed by atoms with van der Waals surface area (Å²) in [6.07, 6.45) is 2.55. The van der Waals surface area contributed by atoms with Gasteiger partial charge in [0.1, 0.15) is 5.82 Å². The zero-order chi connectivity index (χ0) is 17.8. The molecule has 3 rings (SSSR count). The van der Waals surface area contributed by atoms with Gasteiger partial charge in [0.15, 0.2) is 0 Å². The normalized spacial score (nSPS) is 24.8. The first-order valence-electron chi connectivity index (χ1n) is 9.26. The summed E-state index contributed by atoms with van der Waals surface area (Å²) >= 11 is 0. The van der Waals surface area contributed by atoms with E-state index in [4.69, 9.17) is 0 Å². The Morgan fingerprint density at radius 2 is 2.00 bits per heavy atom. The van der Waals surface area contributed by atoms with Crippen molar-refractivity contribution >= 4 is 11.6 Å². The van der Waals surface area contributed by atoms with E-state index in [1.807, 2.05) is 6.92 Å². The molecule has 0 bridgehead atoms. The second-order valence-electron chi connectivity index (χ2n) is 7.31. The number of hydrogen-bond donors (Lipinski definition) is 1. The molecular weight excluding hydrogens is 319 g/mol. The Morgan fingerprint density at radius 3 is 2.68 bits per heavy atom. The number of carbonyl (C=O) groups is 1. The molecule has 5 nitrogen and oxygen atoms in total. The lowest BCUT2D eigenvalue weighted by Crippen LogP contribution is -2.57. The van der Waals surface area contributed by atoms with E-state index in [0.29, 0.717) is 11.7 Å². The standard InChI is InChI=1S/C19H29FN4O/c1-15(19(25)21-17-6-3-5-16(20)13-17)23-9-11-24(12-10-23)18-7-4-8-22(2)14-18/h3,5-6,13,15,18H,4,7-12,14H2,1-2H3,(H,21,25)/t15-,18+/m1/s1. The van der Waals surface area contributed by atoms with E-state index in [1.54, 1.807) is 12.1 Å². The Balaban J connectivity index is 1.49. The molecule has 0 aliphatic carbocycles. The van der Waals surface area contributed by atoms with Gasteiger partial charge >= 0.3 is 0 Å². The highest BCUT2D eigenvalue weighted by Gasteiger charge is 2.30. The van der Waals surface area contributed by atoms with Crippen molar-refractivity contribution in [3.05, 3.63) is 30.1 Å². The van der Waals surface area contributed by atoms with Crippen LogP contribution < -0.4 is 5.32 Å². The largest absolute Gasteiger partial charge is 0.325 e. The molecule has 25 heavy (non-hydrogen) atoms. The third-order valence-corrected chi connectivity index (χ3v) is 5.48. The number of carbonyl (C=O) groups excluding carboxylic acids is 1. The number of nitrogens with one attached hydrogen (secondary N) is 1. The molecule has 1 amide bonds. The van der Waals surface area contributed by atoms with Gasteiger partial charge in [-0.05, 0) is 51.6 Å². The van der Waals surface area contributed by atoms with Gasteiger partial charge in [-0.15, -0.1) is 0 Å². The number of likely N-dealkylation sites (N-methyl/N-ethyl adjacent to an activating group) is 1. The molecule has 2 aliphatic rings. The summed E-state index contributed by atoms with van der Waals surface area (Å²) in [4.78, 5) is 19.7. The first-order chi connectivity index (χ1) is 12.0. The van der Waals surface area contributed by atoms with Crippen molar-refractivity contribution in [1.82, 2.24) is 14.7 Å². The van der Waals surface area contributed by atoms with Crippen LogP contribution in [0.1, 0.15) is 19.8 Å². The Labute approximate surface area is 149 Å². The van der Waals surface area contributed by atoms with Crippen molar-refractivity contribution in [2.45, 2.75) is 31.8 Å². The molecule has 0 saturated carbocycles. The van der Waals surface area contributed by atoms with Gasteiger partial charge in [0.05, 0.1) is 6.04 Å². The highest BCUT2D eigenvalue weighted by molar-refractivity contribution is 5.94. The van der Waals surface area contributed by atoms with Crippen molar-refractivity contribution in [2.24, 2.45) is 0 Å². The van der Waals surface area contributed by atoms with Crippen LogP contribution in [-0.4, -0.2) is 79.0 Å². The number of amides is 1. The summed E-state index contributed by atoms with van der Waals surface area (Å²) in [7, 11) is 2.20. The van der Waals surface area contributed by atoms with Gasteiger partial charge in [-0.2, -0.15) is 0 Å². The van der Waals surface area contributed by atoms with Gasteiger partial charge in [-0.3, -0.25) is 14.6 Å². The van der Waals surface area contributed by atoms with E-state index in [1.165, 1.54) is 31.5 Å². The van der Waals surface area contributed by atoms with E-state index in [2.05, 4.69) is 27.1 Å². The van der Waals surface area contributed by atoms with E-state index in [-0.39, 0.29) is 17.8 Å². The predicted octanol–water partition coefficient (Wildman–Crippen LogP) is 1.86. The van der Waals surface area contributed by atoms with E-state index in [9.17, 15) is 9.18 Å². The summed E-state index contributed by atoms with van der Waals surface area (Å²) in [5.41, 5.74) is 0.515. The molecule has 2 fully saturated rings. The van der Waals surface area contributed by atoms with Gasteiger partial charge in [-0.1, -0.05) is 6.07 Å². The molecule has 0 aromatic heterocycles. The molecule has 2 saturated heterocycles. The van der Waals surface area contributed by atoms with Crippen molar-refractivity contribution < 1.29 is 9.18 Å². The van der Waals surface area contributed by atoms with Crippen molar-refractivity contribution in [3.8, 4) is 0 Å². The van der Waals surface area contributed by atoms with Gasteiger partial charge in [0.25, 0.3) is 0 Å². The average Bonchev–Trinajstić information content (AvgIpc) is 2.61. The molecule has 0 spiro atoms. The summed E-state index contributed by atoms with van der Waals surface area (Å²) in [5, 5.41) is 2.82. The molecule has 2 atom stereocenters. The van der Waals surface area contributed by atoms with E-state index >= 15 is 0 Å². The minimum absolute atomic E-state index is 0.0727. The Kier molecular flexibility index (Phi) is 6.04. The highest BCUT2D eigenvalue weighted by atomic mass is 19.1. The second-order valence-corrected chi connectivity index (χ2v) is 7.31. The minimum atomic E-state index is -0.337. The molecule has 1 N–H and O–H groups in total. The summed E-state index contributed by atoms with van der Waals surface area (Å²) in [6.45, 7) is 8.10. The summed E-state index contributed by atoms with van der Waals surface area (Å²) < 4.78 is 13.3. The Hall–Kier alpha value is -1.50. The van der Waals surface area contributed by atoms with Gasteiger partial charge in [-0.25, -0.2) is 4.39 Å². The second kappa shape index (κ2) is 8.25. The number of piperazine rings is 1. The lowest BCUT2D eigenvalue weighted by Gasteiger charge is -2.43. The van der Waals surface area contributed by atoms with Crippen LogP contribution in [0.2, 0.25) is 0 Å². The van der Waals surface area contributed by atoms with Crippen molar-refractivity contribution in [1.29, 1.82) is 0 Å². The quantitative estimate of drug-likeness (QED) is 0.902. The highest BCUT2D eigenvalue weighted by Crippen LogP contribution is 2.18. The van der Waals surface area contributed by atoms with E-state index in [0.717, 1.165) is 32.7 Å². The zero-order valence-corrected chi connectivity index (χ0v) is 15.2. The molecule has 2 heterocycles. The van der Waals surface area contributed by atoms with Gasteiger partial charge in [0.2, 0.25) is 5.91 Å². The fraction of sp³-hybridized carbons (Fsp3) is 0.632. The fourth-order valence-corrected chi connectivity index (χ4v) is 3.91. The number of nitrogens with zero attached hydrogens (tertiary/aromatic N) is 3. The Morgan fingerprint density at radius 1 is 1.24 bits per heavy atom. The predicted molar refractivity (Wildman–Crippen MR) is 98.2 cm³/mol. The van der Waals surface area contributed by atoms with Crippen LogP contribution >= 0.6 is 0 Å². The monoisotopic (exact) mass is 348 g/mol. The third-order valence-electron chi connectivity index (χ3n) is 5.48. The smallest absolute Gasteiger partial charge is 0.241 e. The molecule has 0 radical (unpaired) electrons. The number of likely N-dealkylation sites (tertiary alicyclic amines) is 1. The first-order valence-corrected chi connectivity index (χ1v) is 9.26. The maximum atomic E-state index is 13.3. The lowest BCUT2D eigenvalue weighted by molar-refractivity contribution is -0.121. The first kappa shape index (κ1) is 18.3. The van der Waals surface area contributed by atoms with Gasteiger partial charge in [0, 0.05) is 44.5 Å². The molecule has 138 valence electrons. The number of rotatable bonds is 4. The minimum Gasteiger partial charge on any atom is -0.325 e. The number of halogens is 1. The van der Waals surface area contributed by atoms with Crippen LogP contribution in [0.15, 0.2) is 24.3 Å². The van der Waals surface area contributed by atoms with Gasteiger partial charge < -0.3 is 10.2 Å². The lowest BCUT2D eigenvalue weighted by atomic mass is 10.0. The summed E-state index contributed by atoms with van der Waals surface area (Å²) in [5.74, 6) is -0.409. The van der Waals surface area contributed by atoms with Crippen molar-refractivity contribution in [3.63, 3.8) is 0 Å². The van der Waals surface area contributed by atoms with Crippen molar-refractivity contribution in [2.75, 3.05) is 51.6 Å². The molecular formula is C19H29FN4O. The molecule has 2 aliphatic heterocycles. The van der Waals surface area contributed by atoms with Crippen LogP contribution in [0.3, 0.4) is 0 Å². The summed E-state index contributed by atoms with van der Waals surface area (Å²) in [6, 6.07) is 6.49. The SMILES string of the molecule is C[C@H](C(=O)Nc1cccc(F)c1)N1CCN([C@H]2CCCN(C)C2)CC1. The molecule has 1 aromatic carbocycles. The maximum Gasteiger partial charge on any atom is 0.241 e. The van der Waals surface area contributed by atoms with Crippen LogP contribution in [0.5, 0.6) is 0 Å². The van der Waals surface area contributed by atoms with Crippen LogP contribution in [0.25, 0.3) is 0 Å². The maximum absolute atomic E-state index is 13.3. The van der Waals surface area contributed by atoms with E-state index < -0.39 is 0 Å². The van der Waals surface area contributed by atoms with Crippen LogP contribution in [0, 0.1) is 5.82 Å². The number of anilines is 1. The molecule has 1 aromatic rings. The zero-order valence-electron chi connectivity index (χ0n) is 15.2. The number of hydrogen-bond acceptors (Lipinski definition) is 4. The number of piperidine rings is 1. The third kappa shape index (κ3) is 4.77. The van der Waals surface area contributed by atoms with Crippen LogP contribution in [-0.2, 0) is 4.79 Å². The topological polar surface area (TPSA) is 38.8 Å². The number of benzene rings is 1.